The van der Waals surface area contributed by atoms with Crippen molar-refractivity contribution in [3.05, 3.63) is 36.0 Å². The van der Waals surface area contributed by atoms with Gasteiger partial charge in [0.15, 0.2) is 0 Å². The van der Waals surface area contributed by atoms with Crippen LogP contribution in [0.4, 0.5) is 0 Å². The van der Waals surface area contributed by atoms with Gasteiger partial charge in [-0.15, -0.1) is 0 Å². The van der Waals surface area contributed by atoms with Crippen molar-refractivity contribution in [2.45, 2.75) is 90.3 Å². The number of nitriles is 1. The van der Waals surface area contributed by atoms with Crippen LogP contribution in [0.3, 0.4) is 0 Å². The molecule has 4 rings (SSSR count). The molecule has 0 spiro atoms. The maximum absolute atomic E-state index is 13.6. The molecule has 2 amide bonds. The summed E-state index contributed by atoms with van der Waals surface area (Å²) in [5.41, 5.74) is 1.76. The monoisotopic (exact) mass is 505 g/mol. The molecule has 2 fully saturated rings. The van der Waals surface area contributed by atoms with Gasteiger partial charge < -0.3 is 20.5 Å². The Bertz CT molecular complexity index is 1100. The molecule has 37 heavy (non-hydrogen) atoms. The van der Waals surface area contributed by atoms with Crippen LogP contribution in [-0.4, -0.2) is 41.6 Å². The summed E-state index contributed by atoms with van der Waals surface area (Å²) in [6, 6.07) is 11.7. The molecular formula is C30H43N5O2. The molecule has 1 saturated carbocycles. The lowest BCUT2D eigenvalue weighted by Crippen LogP contribution is -2.50. The zero-order valence-electron chi connectivity index (χ0n) is 22.5. The summed E-state index contributed by atoms with van der Waals surface area (Å²) in [5.74, 6) is 0.554. The number of amides is 2. The molecule has 3 N–H and O–H groups in total. The van der Waals surface area contributed by atoms with Crippen LogP contribution in [0.15, 0.2) is 30.3 Å². The van der Waals surface area contributed by atoms with Crippen molar-refractivity contribution in [1.82, 2.24) is 20.5 Å². The van der Waals surface area contributed by atoms with Gasteiger partial charge in [0.1, 0.15) is 11.7 Å². The number of rotatable bonds is 10. The Hall–Kier alpha value is -2.85. The third-order valence-electron chi connectivity index (χ3n) is 8.09. The van der Waals surface area contributed by atoms with E-state index in [4.69, 9.17) is 0 Å². The largest absolute Gasteiger partial charge is 0.347 e. The van der Waals surface area contributed by atoms with Crippen molar-refractivity contribution in [3.8, 4) is 6.07 Å². The molecule has 0 radical (unpaired) electrons. The number of aryl methyl sites for hydroxylation is 1. The highest BCUT2D eigenvalue weighted by Crippen LogP contribution is 2.27. The first-order chi connectivity index (χ1) is 18.0. The van der Waals surface area contributed by atoms with Crippen LogP contribution >= 0.6 is 0 Å². The van der Waals surface area contributed by atoms with Crippen molar-refractivity contribution in [2.75, 3.05) is 13.1 Å². The zero-order chi connectivity index (χ0) is 26.2. The average molecular weight is 506 g/mol. The molecule has 3 atom stereocenters. The van der Waals surface area contributed by atoms with E-state index in [0.29, 0.717) is 18.0 Å². The summed E-state index contributed by atoms with van der Waals surface area (Å²) in [6.45, 7) is 7.12. The predicted octanol–water partition coefficient (Wildman–Crippen LogP) is 4.76. The lowest BCUT2D eigenvalue weighted by Gasteiger charge is -2.32. The van der Waals surface area contributed by atoms with Crippen LogP contribution in [0.1, 0.15) is 82.1 Å². The van der Waals surface area contributed by atoms with Crippen molar-refractivity contribution >= 4 is 22.7 Å². The zero-order valence-corrected chi connectivity index (χ0v) is 22.5. The quantitative estimate of drug-likeness (QED) is 0.433. The summed E-state index contributed by atoms with van der Waals surface area (Å²) in [4.78, 5) is 26.8. The number of carbonyl (C=O) groups excluding carboxylic acids is 2. The van der Waals surface area contributed by atoms with Gasteiger partial charge in [0.2, 0.25) is 5.91 Å². The first kappa shape index (κ1) is 27.2. The van der Waals surface area contributed by atoms with Gasteiger partial charge in [-0.3, -0.25) is 9.59 Å². The van der Waals surface area contributed by atoms with Crippen molar-refractivity contribution in [3.63, 3.8) is 0 Å². The van der Waals surface area contributed by atoms with Gasteiger partial charge >= 0.3 is 0 Å². The first-order valence-corrected chi connectivity index (χ1v) is 14.3. The predicted molar refractivity (Wildman–Crippen MR) is 147 cm³/mol. The molecule has 200 valence electrons. The van der Waals surface area contributed by atoms with E-state index in [1.54, 1.807) is 0 Å². The van der Waals surface area contributed by atoms with E-state index >= 15 is 0 Å². The standard InChI is InChI=1S/C30H43N5O2/c1-21(2)18-24(20-31)33-29(36)25-10-4-5-11-26(25)34-30(37)28-19-23-9-3-6-12-27(23)35(28)17-7-8-22-13-15-32-16-14-22/h3,6,9,12,19,21-22,24-26,32H,4-5,7-8,10-11,13-18H2,1-2H3,(H,33,36)(H,34,37). The third-order valence-corrected chi connectivity index (χ3v) is 8.09. The summed E-state index contributed by atoms with van der Waals surface area (Å²) in [5, 5.41) is 20.2. The van der Waals surface area contributed by atoms with E-state index < -0.39 is 6.04 Å². The fourth-order valence-corrected chi connectivity index (χ4v) is 6.10. The topological polar surface area (TPSA) is 99.0 Å². The Morgan fingerprint density at radius 1 is 1.14 bits per heavy atom. The Morgan fingerprint density at radius 2 is 1.89 bits per heavy atom. The van der Waals surface area contributed by atoms with Crippen molar-refractivity contribution < 1.29 is 9.59 Å². The number of nitrogens with one attached hydrogen (secondary N) is 3. The number of piperidine rings is 1. The van der Waals surface area contributed by atoms with Crippen LogP contribution in [0, 0.1) is 29.1 Å². The number of carbonyl (C=O) groups is 2. The Morgan fingerprint density at radius 3 is 2.65 bits per heavy atom. The van der Waals surface area contributed by atoms with Crippen LogP contribution in [0.2, 0.25) is 0 Å². The molecule has 1 aromatic carbocycles. The Kier molecular flexibility index (Phi) is 9.62. The molecular weight excluding hydrogens is 462 g/mol. The van der Waals surface area contributed by atoms with Gasteiger partial charge in [0, 0.05) is 23.5 Å². The highest BCUT2D eigenvalue weighted by molar-refractivity contribution is 5.99. The normalized spacial score (nSPS) is 21.5. The maximum atomic E-state index is 13.6. The van der Waals surface area contributed by atoms with E-state index in [1.807, 2.05) is 32.0 Å². The maximum Gasteiger partial charge on any atom is 0.268 e. The minimum Gasteiger partial charge on any atom is -0.347 e. The van der Waals surface area contributed by atoms with Gasteiger partial charge in [-0.25, -0.2) is 0 Å². The minimum absolute atomic E-state index is 0.109. The lowest BCUT2D eigenvalue weighted by atomic mass is 9.83. The summed E-state index contributed by atoms with van der Waals surface area (Å²) in [6.07, 6.45) is 8.77. The molecule has 1 aromatic heterocycles. The van der Waals surface area contributed by atoms with Crippen molar-refractivity contribution in [1.29, 1.82) is 5.26 Å². The summed E-state index contributed by atoms with van der Waals surface area (Å²) >= 11 is 0. The minimum atomic E-state index is -0.492. The number of benzene rings is 1. The van der Waals surface area contributed by atoms with Gasteiger partial charge in [-0.2, -0.15) is 5.26 Å². The number of hydrogen-bond donors (Lipinski definition) is 3. The molecule has 2 heterocycles. The number of hydrogen-bond acceptors (Lipinski definition) is 4. The molecule has 2 aromatic rings. The first-order valence-electron chi connectivity index (χ1n) is 14.3. The summed E-state index contributed by atoms with van der Waals surface area (Å²) in [7, 11) is 0. The van der Waals surface area contributed by atoms with E-state index in [-0.39, 0.29) is 23.8 Å². The third kappa shape index (κ3) is 7.13. The number of aromatic nitrogens is 1. The second-order valence-corrected chi connectivity index (χ2v) is 11.4. The van der Waals surface area contributed by atoms with Crippen LogP contribution in [-0.2, 0) is 11.3 Å². The van der Waals surface area contributed by atoms with Gasteiger partial charge in [-0.1, -0.05) is 44.9 Å². The SMILES string of the molecule is CC(C)CC(C#N)NC(=O)C1CCCCC1NC(=O)c1cc2ccccc2n1CCCC1CCNCC1. The highest BCUT2D eigenvalue weighted by Gasteiger charge is 2.34. The number of para-hydroxylation sites is 1. The Labute approximate surface area is 221 Å². The molecule has 1 aliphatic carbocycles. The van der Waals surface area contributed by atoms with E-state index in [0.717, 1.165) is 68.6 Å². The van der Waals surface area contributed by atoms with Gasteiger partial charge in [0.05, 0.1) is 12.0 Å². The molecule has 7 heteroatoms. The fraction of sp³-hybridized carbons (Fsp3) is 0.633. The van der Waals surface area contributed by atoms with Crippen LogP contribution in [0.25, 0.3) is 10.9 Å². The molecule has 0 bridgehead atoms. The highest BCUT2D eigenvalue weighted by atomic mass is 16.2. The van der Waals surface area contributed by atoms with Crippen molar-refractivity contribution in [2.24, 2.45) is 17.8 Å². The molecule has 2 aliphatic rings. The average Bonchev–Trinajstić information content (AvgIpc) is 3.27. The molecule has 3 unspecified atom stereocenters. The lowest BCUT2D eigenvalue weighted by molar-refractivity contribution is -0.127. The number of fused-ring (bicyclic) bond motifs is 1. The second kappa shape index (κ2) is 13.1. The Balaban J connectivity index is 1.46. The molecule has 1 aliphatic heterocycles. The second-order valence-electron chi connectivity index (χ2n) is 11.4. The van der Waals surface area contributed by atoms with Crippen LogP contribution in [0.5, 0.6) is 0 Å². The van der Waals surface area contributed by atoms with Gasteiger partial charge in [-0.05, 0) is 82.0 Å². The molecule has 7 nitrogen and oxygen atoms in total. The summed E-state index contributed by atoms with van der Waals surface area (Å²) < 4.78 is 2.16. The van der Waals surface area contributed by atoms with E-state index in [9.17, 15) is 14.9 Å². The fourth-order valence-electron chi connectivity index (χ4n) is 6.10. The van der Waals surface area contributed by atoms with Crippen LogP contribution < -0.4 is 16.0 Å². The van der Waals surface area contributed by atoms with E-state index in [1.165, 1.54) is 19.3 Å². The molecule has 1 saturated heterocycles. The number of nitrogens with zero attached hydrogens (tertiary/aromatic N) is 2. The smallest absolute Gasteiger partial charge is 0.268 e. The van der Waals surface area contributed by atoms with Gasteiger partial charge in [0.25, 0.3) is 5.91 Å². The van der Waals surface area contributed by atoms with E-state index in [2.05, 4.69) is 38.7 Å².